The van der Waals surface area contributed by atoms with Gasteiger partial charge in [0.25, 0.3) is 0 Å². The Morgan fingerprint density at radius 3 is 0.750 bits per heavy atom. The highest BCUT2D eigenvalue weighted by Gasteiger charge is 2.18. The van der Waals surface area contributed by atoms with Crippen molar-refractivity contribution in [2.45, 2.75) is 0 Å². The van der Waals surface area contributed by atoms with Crippen LogP contribution in [0.4, 0.5) is 8.78 Å². The molecule has 7 aromatic carbocycles. The Bertz CT molecular complexity index is 2510. The van der Waals surface area contributed by atoms with Crippen LogP contribution in [0.15, 0.2) is 182 Å². The van der Waals surface area contributed by atoms with Gasteiger partial charge in [0, 0.05) is 33.4 Å². The van der Waals surface area contributed by atoms with Crippen molar-refractivity contribution in [2.24, 2.45) is 0 Å². The van der Waals surface area contributed by atoms with Gasteiger partial charge in [0.15, 0.2) is 46.6 Å². The van der Waals surface area contributed by atoms with Crippen molar-refractivity contribution < 1.29 is 8.78 Å². The Balaban J connectivity index is 1.16. The molecule has 266 valence electrons. The Labute approximate surface area is 322 Å². The predicted molar refractivity (Wildman–Crippen MR) is 217 cm³/mol. The lowest BCUT2D eigenvalue weighted by Gasteiger charge is -2.14. The first-order chi connectivity index (χ1) is 27.6. The zero-order valence-electron chi connectivity index (χ0n) is 29.8. The number of rotatable bonds is 8. The average Bonchev–Trinajstić information content (AvgIpc) is 3.28. The van der Waals surface area contributed by atoms with Gasteiger partial charge in [0.1, 0.15) is 0 Å². The van der Waals surface area contributed by atoms with Crippen LogP contribution in [0.1, 0.15) is 0 Å². The molecule has 0 aliphatic heterocycles. The van der Waals surface area contributed by atoms with E-state index in [2.05, 4.69) is 0 Å². The smallest absolute Gasteiger partial charge is 0.164 e. The van der Waals surface area contributed by atoms with Crippen LogP contribution in [0.3, 0.4) is 0 Å². The number of aromatic nitrogens is 6. The SMILES string of the molecule is Fc1cc(-c2cccc(-c3nc(-c4ccccc4)nc(-c4ccccc4)n3)c2)c(-c2cccc(-c3nc(-c4ccccc4)nc(-c4ccccc4)n3)c2)cc1F. The van der Waals surface area contributed by atoms with Gasteiger partial charge in [0.05, 0.1) is 0 Å². The first kappa shape index (κ1) is 34.2. The molecule has 6 nitrogen and oxygen atoms in total. The highest BCUT2D eigenvalue weighted by Crippen LogP contribution is 2.37. The van der Waals surface area contributed by atoms with Crippen molar-refractivity contribution >= 4 is 0 Å². The van der Waals surface area contributed by atoms with Gasteiger partial charge in [0.2, 0.25) is 0 Å². The standard InChI is InChI=1S/C48H30F2N6/c49-41-29-39(35-23-13-25-37(27-35)47-53-43(31-15-5-1-6-16-31)51-44(54-47)32-17-7-2-8-18-32)40(30-42(41)50)36-24-14-26-38(28-36)48-55-45(33-19-9-3-10-20-33)52-46(56-48)34-21-11-4-12-22-34/h1-30H. The van der Waals surface area contributed by atoms with Gasteiger partial charge >= 0.3 is 0 Å². The molecule has 2 aromatic heterocycles. The maximum absolute atomic E-state index is 15.2. The fourth-order valence-corrected chi connectivity index (χ4v) is 6.55. The molecule has 9 rings (SSSR count). The molecule has 0 radical (unpaired) electrons. The number of halogens is 2. The minimum atomic E-state index is -0.958. The van der Waals surface area contributed by atoms with Gasteiger partial charge < -0.3 is 0 Å². The first-order valence-corrected chi connectivity index (χ1v) is 18.0. The van der Waals surface area contributed by atoms with E-state index in [1.54, 1.807) is 0 Å². The summed E-state index contributed by atoms with van der Waals surface area (Å²) in [5.74, 6) is 1.07. The lowest BCUT2D eigenvalue weighted by Crippen LogP contribution is -2.00. The van der Waals surface area contributed by atoms with Crippen LogP contribution in [0.25, 0.3) is 90.6 Å². The van der Waals surface area contributed by atoms with Crippen molar-refractivity contribution in [3.8, 4) is 90.6 Å². The Morgan fingerprint density at radius 2 is 0.464 bits per heavy atom. The summed E-state index contributed by atoms with van der Waals surface area (Å²) in [6, 6.07) is 56.4. The lowest BCUT2D eigenvalue weighted by atomic mass is 9.92. The summed E-state index contributed by atoms with van der Waals surface area (Å²) in [7, 11) is 0. The molecule has 0 saturated heterocycles. The van der Waals surface area contributed by atoms with E-state index in [4.69, 9.17) is 29.9 Å². The molecule has 0 amide bonds. The second-order valence-corrected chi connectivity index (χ2v) is 13.1. The Hall–Kier alpha value is -7.58. The molecule has 0 fully saturated rings. The summed E-state index contributed by atoms with van der Waals surface area (Å²) in [4.78, 5) is 29.1. The van der Waals surface area contributed by atoms with E-state index in [1.165, 1.54) is 12.1 Å². The van der Waals surface area contributed by atoms with E-state index >= 15 is 8.78 Å². The molecule has 0 spiro atoms. The predicted octanol–water partition coefficient (Wildman–Crippen LogP) is 11.7. The highest BCUT2D eigenvalue weighted by molar-refractivity contribution is 5.86. The van der Waals surface area contributed by atoms with Gasteiger partial charge in [-0.15, -0.1) is 0 Å². The van der Waals surface area contributed by atoms with Crippen LogP contribution in [-0.2, 0) is 0 Å². The number of hydrogen-bond donors (Lipinski definition) is 0. The highest BCUT2D eigenvalue weighted by atomic mass is 19.2. The molecular formula is C48H30F2N6. The van der Waals surface area contributed by atoms with Crippen LogP contribution >= 0.6 is 0 Å². The third-order valence-electron chi connectivity index (χ3n) is 9.32. The number of hydrogen-bond acceptors (Lipinski definition) is 6. The molecule has 0 atom stereocenters. The molecule has 56 heavy (non-hydrogen) atoms. The quantitative estimate of drug-likeness (QED) is 0.155. The molecule has 2 heterocycles. The van der Waals surface area contributed by atoms with Gasteiger partial charge in [-0.1, -0.05) is 158 Å². The topological polar surface area (TPSA) is 77.3 Å². The van der Waals surface area contributed by atoms with Crippen molar-refractivity contribution in [1.29, 1.82) is 0 Å². The van der Waals surface area contributed by atoms with E-state index in [-0.39, 0.29) is 0 Å². The second-order valence-electron chi connectivity index (χ2n) is 13.1. The van der Waals surface area contributed by atoms with Crippen molar-refractivity contribution in [1.82, 2.24) is 29.9 Å². The van der Waals surface area contributed by atoms with E-state index in [0.29, 0.717) is 68.3 Å². The van der Waals surface area contributed by atoms with Crippen LogP contribution in [-0.4, -0.2) is 29.9 Å². The summed E-state index contributed by atoms with van der Waals surface area (Å²) < 4.78 is 30.4. The fourth-order valence-electron chi connectivity index (χ4n) is 6.55. The van der Waals surface area contributed by atoms with Crippen LogP contribution in [0, 0.1) is 11.6 Å². The largest absolute Gasteiger partial charge is 0.208 e. The van der Waals surface area contributed by atoms with Crippen LogP contribution < -0.4 is 0 Å². The zero-order valence-corrected chi connectivity index (χ0v) is 29.8. The molecule has 0 unspecified atom stereocenters. The summed E-state index contributed by atoms with van der Waals surface area (Å²) >= 11 is 0. The molecule has 0 aliphatic rings. The third-order valence-corrected chi connectivity index (χ3v) is 9.32. The third kappa shape index (κ3) is 7.07. The van der Waals surface area contributed by atoms with Gasteiger partial charge in [-0.3, -0.25) is 0 Å². The Morgan fingerprint density at radius 1 is 0.232 bits per heavy atom. The zero-order chi connectivity index (χ0) is 37.8. The van der Waals surface area contributed by atoms with Gasteiger partial charge in [-0.25, -0.2) is 38.7 Å². The molecule has 0 saturated carbocycles. The summed E-state index contributed by atoms with van der Waals surface area (Å²) in [6.07, 6.45) is 0. The molecular weight excluding hydrogens is 699 g/mol. The average molecular weight is 729 g/mol. The van der Waals surface area contributed by atoms with E-state index in [1.807, 2.05) is 170 Å². The minimum absolute atomic E-state index is 0.448. The molecule has 9 aromatic rings. The molecule has 0 aliphatic carbocycles. The van der Waals surface area contributed by atoms with E-state index < -0.39 is 11.6 Å². The first-order valence-electron chi connectivity index (χ1n) is 18.0. The molecule has 0 N–H and O–H groups in total. The van der Waals surface area contributed by atoms with Crippen molar-refractivity contribution in [2.75, 3.05) is 0 Å². The summed E-state index contributed by atoms with van der Waals surface area (Å²) in [6.45, 7) is 0. The van der Waals surface area contributed by atoms with Crippen LogP contribution in [0.2, 0.25) is 0 Å². The Kier molecular flexibility index (Phi) is 9.19. The number of nitrogens with zero attached hydrogens (tertiary/aromatic N) is 6. The molecule has 8 heteroatoms. The molecule has 0 bridgehead atoms. The van der Waals surface area contributed by atoms with E-state index in [9.17, 15) is 0 Å². The van der Waals surface area contributed by atoms with Crippen molar-refractivity contribution in [3.05, 3.63) is 194 Å². The number of benzene rings is 7. The van der Waals surface area contributed by atoms with Gasteiger partial charge in [-0.05, 0) is 46.5 Å². The summed E-state index contributed by atoms with van der Waals surface area (Å²) in [5, 5.41) is 0. The van der Waals surface area contributed by atoms with Crippen molar-refractivity contribution in [3.63, 3.8) is 0 Å². The van der Waals surface area contributed by atoms with Gasteiger partial charge in [-0.2, -0.15) is 0 Å². The summed E-state index contributed by atoms with van der Waals surface area (Å²) in [5.41, 5.74) is 7.06. The van der Waals surface area contributed by atoms with Crippen LogP contribution in [0.5, 0.6) is 0 Å². The maximum atomic E-state index is 15.2. The lowest BCUT2D eigenvalue weighted by molar-refractivity contribution is 0.509. The normalized spacial score (nSPS) is 11.0. The maximum Gasteiger partial charge on any atom is 0.164 e. The fraction of sp³-hybridized carbons (Fsp3) is 0. The van der Waals surface area contributed by atoms with E-state index in [0.717, 1.165) is 22.3 Å². The monoisotopic (exact) mass is 728 g/mol. The minimum Gasteiger partial charge on any atom is -0.208 e. The second kappa shape index (κ2) is 15.0.